The third-order valence-corrected chi connectivity index (χ3v) is 21.2. The number of fused-ring (bicyclic) bond motifs is 7. The number of rotatable bonds is 11. The predicted molar refractivity (Wildman–Crippen MR) is 258 cm³/mol. The molecular weight excluding hydrogens is 1000 g/mol. The first-order chi connectivity index (χ1) is 35.6. The van der Waals surface area contributed by atoms with Crippen LogP contribution in [0.15, 0.2) is 11.6 Å². The third-order valence-electron chi connectivity index (χ3n) is 21.2. The molecule has 0 aromatic rings. The Balaban J connectivity index is 0.986. The largest absolute Gasteiger partial charge is 0.432 e. The lowest BCUT2D eigenvalue weighted by Crippen LogP contribution is -2.68. The molecule has 23 nitrogen and oxygen atoms in total. The predicted octanol–water partition coefficient (Wildman–Crippen LogP) is -2.43. The monoisotopic (exact) mass is 1090 g/mol. The van der Waals surface area contributed by atoms with Crippen LogP contribution in [0.3, 0.4) is 0 Å². The first-order valence-electron chi connectivity index (χ1n) is 27.4. The van der Waals surface area contributed by atoms with E-state index in [0.717, 1.165) is 18.4 Å². The Hall–Kier alpha value is -1.63. The molecule has 28 atom stereocenters. The Morgan fingerprint density at radius 3 is 1.63 bits per heavy atom. The molecule has 0 aromatic carbocycles. The third kappa shape index (κ3) is 9.27. The number of allylic oxidation sites excluding steroid dienone is 1. The van der Waals surface area contributed by atoms with E-state index in [0.29, 0.717) is 44.9 Å². The van der Waals surface area contributed by atoms with E-state index in [1.165, 1.54) is 0 Å². The van der Waals surface area contributed by atoms with Crippen LogP contribution < -0.4 is 0 Å². The summed E-state index contributed by atoms with van der Waals surface area (Å²) in [6.07, 6.45) is -25.3. The summed E-state index contributed by atoms with van der Waals surface area (Å²) in [4.78, 5) is 14.8. The minimum absolute atomic E-state index is 0.0472. The molecule has 76 heavy (non-hydrogen) atoms. The zero-order chi connectivity index (χ0) is 55.6. The minimum atomic E-state index is -1.89. The molecule has 8 fully saturated rings. The normalized spacial score (nSPS) is 54.0. The molecule has 23 heteroatoms. The van der Waals surface area contributed by atoms with Crippen LogP contribution in [0.1, 0.15) is 106 Å². The second kappa shape index (κ2) is 21.3. The molecule has 5 aliphatic carbocycles. The van der Waals surface area contributed by atoms with Crippen molar-refractivity contribution in [2.45, 2.75) is 235 Å². The van der Waals surface area contributed by atoms with Gasteiger partial charge >= 0.3 is 5.97 Å². The van der Waals surface area contributed by atoms with E-state index in [9.17, 15) is 76.3 Å². The van der Waals surface area contributed by atoms with Gasteiger partial charge in [0.25, 0.3) is 0 Å². The molecule has 9 aliphatic rings. The average molecular weight is 1090 g/mol. The first kappa shape index (κ1) is 59.0. The highest BCUT2D eigenvalue weighted by atomic mass is 16.8. The van der Waals surface area contributed by atoms with Crippen molar-refractivity contribution in [1.29, 1.82) is 0 Å². The van der Waals surface area contributed by atoms with Crippen molar-refractivity contribution in [2.24, 2.45) is 50.2 Å². The number of hydrogen-bond acceptors (Lipinski definition) is 23. The topological polar surface area (TPSA) is 374 Å². The number of carbonyl (C=O) groups is 1. The molecule has 4 saturated carbocycles. The number of aliphatic hydroxyl groups is 14. The smallest absolute Gasteiger partial charge is 0.315 e. The summed E-state index contributed by atoms with van der Waals surface area (Å²) in [7, 11) is 0. The van der Waals surface area contributed by atoms with Crippen LogP contribution >= 0.6 is 0 Å². The second-order valence-corrected chi connectivity index (χ2v) is 25.8. The van der Waals surface area contributed by atoms with Gasteiger partial charge in [0, 0.05) is 5.92 Å². The molecule has 0 bridgehead atoms. The fourth-order valence-electron chi connectivity index (χ4n) is 16.2. The molecular formula is C53H86O23. The molecule has 0 radical (unpaired) electrons. The van der Waals surface area contributed by atoms with Crippen molar-refractivity contribution < 1.29 is 114 Å². The minimum Gasteiger partial charge on any atom is -0.432 e. The van der Waals surface area contributed by atoms with Gasteiger partial charge in [-0.2, -0.15) is 0 Å². The molecule has 0 spiro atoms. The number of carbonyl (C=O) groups excluding carboxylic acids is 1. The van der Waals surface area contributed by atoms with Gasteiger partial charge in [-0.05, 0) is 96.7 Å². The standard InChI is InChI=1S/C53H86O23/c1-48(2)14-16-53(47(68)76-45-39(66)36(63)33(60)26(20-56)72-45)17-15-51(6)22(30(53)42(48)67)8-9-28-50(5)12-11-29(49(3,4)27(50)10-13-52(28,51)7)73-46-41(75-44-38(65)35(62)32(59)25(19-55)71-44)40(23(57)21-69-46)74-43-37(64)34(61)31(58)24(18-54)70-43/h8,23-46,54-67H,9-21H2,1-7H3/t23-,24+,25+,26+,27?,28+,29-,30?,31+,32+,33+,34-,35-,36-,37+,38+,39+,40-,41+,42-,43-,44-,45-,46+,50-,51+,52+,53-/m0/s1. The van der Waals surface area contributed by atoms with Gasteiger partial charge in [0.05, 0.1) is 44.1 Å². The van der Waals surface area contributed by atoms with Crippen LogP contribution in [0.4, 0.5) is 0 Å². The van der Waals surface area contributed by atoms with E-state index in [2.05, 4.69) is 40.7 Å². The maximum absolute atomic E-state index is 14.8. The van der Waals surface area contributed by atoms with Gasteiger partial charge in [0.2, 0.25) is 6.29 Å². The molecule has 0 amide bonds. The lowest BCUT2D eigenvalue weighted by atomic mass is 9.33. The number of hydrogen-bond donors (Lipinski definition) is 14. The van der Waals surface area contributed by atoms with E-state index in [4.69, 9.17) is 37.9 Å². The summed E-state index contributed by atoms with van der Waals surface area (Å²) in [5.74, 6) is -1.16. The number of ether oxygens (including phenoxy) is 8. The van der Waals surface area contributed by atoms with Crippen molar-refractivity contribution in [3.8, 4) is 0 Å². The SMILES string of the molecule is CC1(C)CC[C@]2(C(=O)O[C@@H]3O[C@H](CO)[C@@H](O)[C@H](O)[C@H]3O)CC[C@]3(C)C(=CC[C@@H]4[C@@]5(C)CC[C@H](O[C@H]6OC[C@H](O)[C@H](O[C@@H]7O[C@H](CO)[C@@H](O)[C@H](O)[C@H]7O)[C@H]6O[C@@H]6O[C@H](CO)[C@@H](O)[C@H](O)[C@H]6O)C(C)(C)C5CC[C@]43C)C2[C@@H]1O. The van der Waals surface area contributed by atoms with E-state index in [1.54, 1.807) is 0 Å². The Morgan fingerprint density at radius 2 is 1.08 bits per heavy atom. The first-order valence-corrected chi connectivity index (χ1v) is 27.4. The van der Waals surface area contributed by atoms with Crippen molar-refractivity contribution in [3.63, 3.8) is 0 Å². The number of esters is 1. The molecule has 436 valence electrons. The summed E-state index contributed by atoms with van der Waals surface area (Å²) >= 11 is 0. The van der Waals surface area contributed by atoms with Gasteiger partial charge in [-0.15, -0.1) is 0 Å². The zero-order valence-corrected chi connectivity index (χ0v) is 44.6. The van der Waals surface area contributed by atoms with Crippen LogP contribution in [0.2, 0.25) is 0 Å². The summed E-state index contributed by atoms with van der Waals surface area (Å²) < 4.78 is 48.6. The Labute approximate surface area is 442 Å². The quantitative estimate of drug-likeness (QED) is 0.0581. The second-order valence-electron chi connectivity index (χ2n) is 25.8. The molecule has 2 unspecified atom stereocenters. The highest BCUT2D eigenvalue weighted by Crippen LogP contribution is 2.76. The molecule has 14 N–H and O–H groups in total. The maximum Gasteiger partial charge on any atom is 0.315 e. The highest BCUT2D eigenvalue weighted by molar-refractivity contribution is 5.79. The summed E-state index contributed by atoms with van der Waals surface area (Å²) in [6.45, 7) is 12.6. The zero-order valence-electron chi connectivity index (χ0n) is 44.6. The molecule has 9 rings (SSSR count). The van der Waals surface area contributed by atoms with Gasteiger partial charge in [-0.25, -0.2) is 0 Å². The molecule has 4 saturated heterocycles. The van der Waals surface area contributed by atoms with E-state index >= 15 is 0 Å². The fraction of sp³-hybridized carbons (Fsp3) is 0.943. The molecule has 4 aliphatic heterocycles. The van der Waals surface area contributed by atoms with Crippen LogP contribution in [-0.2, 0) is 42.7 Å². The molecule has 4 heterocycles. The lowest BCUT2D eigenvalue weighted by molar-refractivity contribution is -0.389. The van der Waals surface area contributed by atoms with Crippen molar-refractivity contribution in [3.05, 3.63) is 11.6 Å². The fourth-order valence-corrected chi connectivity index (χ4v) is 16.2. The Morgan fingerprint density at radius 1 is 0.566 bits per heavy atom. The van der Waals surface area contributed by atoms with Gasteiger partial charge in [-0.1, -0.05) is 60.1 Å². The summed E-state index contributed by atoms with van der Waals surface area (Å²) in [5, 5.41) is 150. The van der Waals surface area contributed by atoms with Gasteiger partial charge < -0.3 is 109 Å². The van der Waals surface area contributed by atoms with Gasteiger partial charge in [0.15, 0.2) is 18.9 Å². The Kier molecular flexibility index (Phi) is 16.5. The summed E-state index contributed by atoms with van der Waals surface area (Å²) in [5.41, 5.74) is -2.47. The van der Waals surface area contributed by atoms with E-state index in [1.807, 2.05) is 13.8 Å². The van der Waals surface area contributed by atoms with Gasteiger partial charge in [0.1, 0.15) is 91.6 Å². The molecule has 0 aromatic heterocycles. The van der Waals surface area contributed by atoms with Gasteiger partial charge in [-0.3, -0.25) is 4.79 Å². The van der Waals surface area contributed by atoms with Crippen LogP contribution in [0, 0.1) is 50.2 Å². The van der Waals surface area contributed by atoms with Crippen LogP contribution in [-0.4, -0.2) is 233 Å². The van der Waals surface area contributed by atoms with Crippen LogP contribution in [0.25, 0.3) is 0 Å². The summed E-state index contributed by atoms with van der Waals surface area (Å²) in [6, 6.07) is 0. The Bertz CT molecular complexity index is 2090. The highest BCUT2D eigenvalue weighted by Gasteiger charge is 2.71. The van der Waals surface area contributed by atoms with Crippen LogP contribution in [0.5, 0.6) is 0 Å². The van der Waals surface area contributed by atoms with Crippen molar-refractivity contribution >= 4 is 5.97 Å². The van der Waals surface area contributed by atoms with E-state index < -0.39 is 189 Å². The maximum atomic E-state index is 14.8. The lowest BCUT2D eigenvalue weighted by Gasteiger charge is -2.71. The van der Waals surface area contributed by atoms with Crippen molar-refractivity contribution in [2.75, 3.05) is 26.4 Å². The van der Waals surface area contributed by atoms with E-state index in [-0.39, 0.29) is 22.7 Å². The van der Waals surface area contributed by atoms with Crippen molar-refractivity contribution in [1.82, 2.24) is 0 Å². The number of aliphatic hydroxyl groups excluding tert-OH is 14. The average Bonchev–Trinajstić information content (AvgIpc) is 3.42.